The quantitative estimate of drug-likeness (QED) is 0.388. The zero-order chi connectivity index (χ0) is 21.1. The molecule has 0 aliphatic carbocycles. The maximum absolute atomic E-state index is 12.9. The first kappa shape index (κ1) is 20.4. The number of nitrogens with zero attached hydrogens (tertiary/aromatic N) is 3. The van der Waals surface area contributed by atoms with Crippen LogP contribution in [0.2, 0.25) is 0 Å². The molecule has 0 unspecified atom stereocenters. The van der Waals surface area contributed by atoms with Gasteiger partial charge in [-0.3, -0.25) is 14.2 Å². The number of carbonyl (C=O) groups is 2. The third-order valence-corrected chi connectivity index (χ3v) is 6.69. The molecule has 30 heavy (non-hydrogen) atoms. The van der Waals surface area contributed by atoms with Crippen molar-refractivity contribution in [2.24, 2.45) is 0 Å². The van der Waals surface area contributed by atoms with Crippen molar-refractivity contribution in [3.05, 3.63) is 55.7 Å². The van der Waals surface area contributed by atoms with Gasteiger partial charge in [-0.05, 0) is 18.4 Å². The van der Waals surface area contributed by atoms with Crippen molar-refractivity contribution in [3.63, 3.8) is 0 Å². The molecule has 4 aromatic heterocycles. The third kappa shape index (κ3) is 4.18. The molecule has 0 spiro atoms. The highest BCUT2D eigenvalue weighted by Crippen LogP contribution is 2.33. The second kappa shape index (κ2) is 8.86. The zero-order valence-corrected chi connectivity index (χ0v) is 18.1. The van der Waals surface area contributed by atoms with Gasteiger partial charge in [0.05, 0.1) is 24.0 Å². The number of thiazole rings is 1. The van der Waals surface area contributed by atoms with Crippen LogP contribution in [0.5, 0.6) is 0 Å². The van der Waals surface area contributed by atoms with Crippen molar-refractivity contribution < 1.29 is 19.1 Å². The van der Waals surface area contributed by atoms with Crippen LogP contribution >= 0.6 is 34.0 Å². The molecule has 0 atom stereocenters. The second-order valence-electron chi connectivity index (χ2n) is 6.01. The Labute approximate surface area is 182 Å². The van der Waals surface area contributed by atoms with Crippen molar-refractivity contribution in [1.82, 2.24) is 14.5 Å². The number of fused-ring (bicyclic) bond motifs is 1. The highest BCUT2D eigenvalue weighted by molar-refractivity contribution is 7.18. The molecule has 11 heteroatoms. The summed E-state index contributed by atoms with van der Waals surface area (Å²) >= 11 is 4.05. The van der Waals surface area contributed by atoms with Gasteiger partial charge in [0, 0.05) is 21.2 Å². The smallest absolute Gasteiger partial charge is 0.367 e. The van der Waals surface area contributed by atoms with Gasteiger partial charge in [-0.1, -0.05) is 6.07 Å². The minimum Gasteiger partial charge on any atom is -0.461 e. The fraction of sp³-hybridized carbons (Fsp3) is 0.211. The molecule has 4 heterocycles. The van der Waals surface area contributed by atoms with E-state index in [2.05, 4.69) is 9.97 Å². The fourth-order valence-electron chi connectivity index (χ4n) is 2.69. The van der Waals surface area contributed by atoms with Crippen molar-refractivity contribution in [3.8, 4) is 10.4 Å². The van der Waals surface area contributed by atoms with Crippen LogP contribution < -0.4 is 5.56 Å². The van der Waals surface area contributed by atoms with Gasteiger partial charge in [-0.2, -0.15) is 0 Å². The lowest BCUT2D eigenvalue weighted by Crippen LogP contribution is -2.25. The van der Waals surface area contributed by atoms with Crippen LogP contribution in [0, 0.1) is 0 Å². The Bertz CT molecular complexity index is 1260. The van der Waals surface area contributed by atoms with Crippen LogP contribution in [0.3, 0.4) is 0 Å². The fourth-order valence-corrected chi connectivity index (χ4v) is 5.11. The van der Waals surface area contributed by atoms with Gasteiger partial charge in [0.25, 0.3) is 5.56 Å². The Hall–Kier alpha value is -2.89. The Morgan fingerprint density at radius 1 is 1.17 bits per heavy atom. The van der Waals surface area contributed by atoms with Crippen molar-refractivity contribution in [1.29, 1.82) is 0 Å². The van der Waals surface area contributed by atoms with Crippen LogP contribution in [0.25, 0.3) is 20.7 Å². The molecule has 4 rings (SSSR count). The molecule has 0 aliphatic rings. The Morgan fingerprint density at radius 2 is 2.03 bits per heavy atom. The van der Waals surface area contributed by atoms with E-state index in [-0.39, 0.29) is 30.3 Å². The first-order chi connectivity index (χ1) is 14.6. The number of rotatable bonds is 7. The van der Waals surface area contributed by atoms with Gasteiger partial charge in [0.15, 0.2) is 0 Å². The SMILES string of the molecule is CCOC(=O)c1nc(COC(=O)Cn2cnc3scc(-c4cccs4)c3c2=O)cs1. The molecular formula is C19H15N3O5S3. The van der Waals surface area contributed by atoms with E-state index >= 15 is 0 Å². The minimum absolute atomic E-state index is 0.0991. The Morgan fingerprint density at radius 3 is 2.80 bits per heavy atom. The van der Waals surface area contributed by atoms with E-state index in [0.717, 1.165) is 21.8 Å². The van der Waals surface area contributed by atoms with Gasteiger partial charge in [0.1, 0.15) is 18.0 Å². The number of hydrogen-bond donors (Lipinski definition) is 0. The van der Waals surface area contributed by atoms with Crippen molar-refractivity contribution in [2.75, 3.05) is 6.61 Å². The minimum atomic E-state index is -0.600. The lowest BCUT2D eigenvalue weighted by atomic mass is 10.2. The Kier molecular flexibility index (Phi) is 6.02. The van der Waals surface area contributed by atoms with Crippen molar-refractivity contribution >= 4 is 56.2 Å². The molecule has 0 fully saturated rings. The molecule has 8 nitrogen and oxygen atoms in total. The Balaban J connectivity index is 1.46. The molecule has 0 N–H and O–H groups in total. The lowest BCUT2D eigenvalue weighted by molar-refractivity contribution is -0.145. The summed E-state index contributed by atoms with van der Waals surface area (Å²) in [5.74, 6) is -1.11. The summed E-state index contributed by atoms with van der Waals surface area (Å²) in [6.45, 7) is 1.60. The zero-order valence-electron chi connectivity index (χ0n) is 15.7. The molecule has 0 radical (unpaired) electrons. The molecule has 0 bridgehead atoms. The summed E-state index contributed by atoms with van der Waals surface area (Å²) in [5, 5.41) is 6.16. The van der Waals surface area contributed by atoms with E-state index in [9.17, 15) is 14.4 Å². The van der Waals surface area contributed by atoms with Crippen LogP contribution in [0.4, 0.5) is 0 Å². The number of thiophene rings is 2. The van der Waals surface area contributed by atoms with E-state index in [1.54, 1.807) is 12.3 Å². The van der Waals surface area contributed by atoms with Crippen LogP contribution in [-0.2, 0) is 27.4 Å². The largest absolute Gasteiger partial charge is 0.461 e. The van der Waals surface area contributed by atoms with E-state index in [0.29, 0.717) is 15.9 Å². The topological polar surface area (TPSA) is 100 Å². The number of hydrogen-bond acceptors (Lipinski definition) is 10. The maximum atomic E-state index is 12.9. The molecule has 4 aromatic rings. The summed E-state index contributed by atoms with van der Waals surface area (Å²) in [5.41, 5.74) is 0.967. The third-order valence-electron chi connectivity index (χ3n) is 4.03. The lowest BCUT2D eigenvalue weighted by Gasteiger charge is -2.06. The molecule has 0 aromatic carbocycles. The molecule has 154 valence electrons. The maximum Gasteiger partial charge on any atom is 0.367 e. The number of ether oxygens (including phenoxy) is 2. The monoisotopic (exact) mass is 461 g/mol. The van der Waals surface area contributed by atoms with Gasteiger partial charge >= 0.3 is 11.9 Å². The average molecular weight is 462 g/mol. The average Bonchev–Trinajstić information content (AvgIpc) is 3.48. The summed E-state index contributed by atoms with van der Waals surface area (Å²) < 4.78 is 11.3. The number of esters is 2. The molecule has 0 aliphatic heterocycles. The molecule has 0 amide bonds. The van der Waals surface area contributed by atoms with Crippen LogP contribution in [-0.4, -0.2) is 33.1 Å². The normalized spacial score (nSPS) is 11.0. The van der Waals surface area contributed by atoms with Gasteiger partial charge < -0.3 is 9.47 Å². The highest BCUT2D eigenvalue weighted by Gasteiger charge is 2.17. The van der Waals surface area contributed by atoms with Crippen LogP contribution in [0.15, 0.2) is 39.4 Å². The summed E-state index contributed by atoms with van der Waals surface area (Å²) in [7, 11) is 0. The van der Waals surface area contributed by atoms with Crippen molar-refractivity contribution in [2.45, 2.75) is 20.1 Å². The van der Waals surface area contributed by atoms with E-state index in [4.69, 9.17) is 9.47 Å². The molecule has 0 saturated carbocycles. The van der Waals surface area contributed by atoms with E-state index in [1.807, 2.05) is 22.9 Å². The van der Waals surface area contributed by atoms with Gasteiger partial charge in [-0.15, -0.1) is 34.0 Å². The summed E-state index contributed by atoms with van der Waals surface area (Å²) in [6.07, 6.45) is 1.35. The van der Waals surface area contributed by atoms with Crippen LogP contribution in [0.1, 0.15) is 22.4 Å². The van der Waals surface area contributed by atoms with Gasteiger partial charge in [-0.25, -0.2) is 14.8 Å². The first-order valence-corrected chi connectivity index (χ1v) is 11.5. The summed E-state index contributed by atoms with van der Waals surface area (Å²) in [4.78, 5) is 46.8. The first-order valence-electron chi connectivity index (χ1n) is 8.84. The molecule has 0 saturated heterocycles. The predicted molar refractivity (Wildman–Crippen MR) is 115 cm³/mol. The summed E-state index contributed by atoms with van der Waals surface area (Å²) in [6, 6.07) is 3.86. The number of aromatic nitrogens is 3. The van der Waals surface area contributed by atoms with Gasteiger partial charge in [0.2, 0.25) is 5.01 Å². The van der Waals surface area contributed by atoms with E-state index in [1.165, 1.54) is 33.6 Å². The second-order valence-corrected chi connectivity index (χ2v) is 8.67. The standard InChI is InChI=1S/C19H15N3O5S3/c1-2-26-19(25)17-21-11(8-29-17)7-27-14(23)6-22-10-20-16-15(18(22)24)12(9-30-16)13-4-3-5-28-13/h3-5,8-10H,2,6-7H2,1H3. The molecular weight excluding hydrogens is 446 g/mol. The predicted octanol–water partition coefficient (Wildman–Crippen LogP) is 3.56. The van der Waals surface area contributed by atoms with E-state index < -0.39 is 11.9 Å². The number of carbonyl (C=O) groups excluding carboxylic acids is 2. The highest BCUT2D eigenvalue weighted by atomic mass is 32.1.